The molecular formula is C21H27ClN2O4S. The minimum absolute atomic E-state index is 0.0297. The van der Waals surface area contributed by atoms with E-state index in [0.29, 0.717) is 33.9 Å². The van der Waals surface area contributed by atoms with E-state index >= 15 is 0 Å². The zero-order valence-corrected chi connectivity index (χ0v) is 18.5. The Hall–Kier alpha value is -1.86. The Kier molecular flexibility index (Phi) is 6.69. The lowest BCUT2D eigenvalue weighted by molar-refractivity contribution is -0.120. The first-order valence-electron chi connectivity index (χ1n) is 9.87. The number of halogens is 1. The summed E-state index contributed by atoms with van der Waals surface area (Å²) in [5.41, 5.74) is 0.895. The van der Waals surface area contributed by atoms with Crippen molar-refractivity contribution in [2.45, 2.75) is 51.8 Å². The molecule has 158 valence electrons. The Bertz CT molecular complexity index is 986. The van der Waals surface area contributed by atoms with Gasteiger partial charge < -0.3 is 9.73 Å². The number of nitrogens with zero attached hydrogens (tertiary/aromatic N) is 1. The van der Waals surface area contributed by atoms with Crippen LogP contribution in [0.1, 0.15) is 44.6 Å². The number of carbonyl (C=O) groups excluding carboxylic acids is 1. The molecule has 1 fully saturated rings. The summed E-state index contributed by atoms with van der Waals surface area (Å²) in [6.45, 7) is 5.94. The summed E-state index contributed by atoms with van der Waals surface area (Å²) in [5.74, 6) is 0.169. The van der Waals surface area contributed by atoms with Gasteiger partial charge in [0.2, 0.25) is 11.8 Å². The molecule has 2 aromatic rings. The second-order valence-corrected chi connectivity index (χ2v) is 10.4. The number of amides is 1. The molecule has 1 heterocycles. The van der Waals surface area contributed by atoms with Crippen LogP contribution in [0, 0.1) is 18.8 Å². The molecule has 0 radical (unpaired) electrons. The molecule has 3 unspecified atom stereocenters. The van der Waals surface area contributed by atoms with Gasteiger partial charge in [-0.1, -0.05) is 50.4 Å². The van der Waals surface area contributed by atoms with Crippen molar-refractivity contribution in [3.8, 4) is 11.5 Å². The summed E-state index contributed by atoms with van der Waals surface area (Å²) in [7, 11) is -3.68. The van der Waals surface area contributed by atoms with Crippen LogP contribution >= 0.6 is 11.6 Å². The zero-order valence-electron chi connectivity index (χ0n) is 16.9. The zero-order chi connectivity index (χ0) is 21.2. The number of oxazole rings is 1. The van der Waals surface area contributed by atoms with Crippen LogP contribution < -0.4 is 5.32 Å². The van der Waals surface area contributed by atoms with Gasteiger partial charge in [-0.3, -0.25) is 4.79 Å². The highest BCUT2D eigenvalue weighted by Crippen LogP contribution is 2.30. The molecule has 3 rings (SSSR count). The van der Waals surface area contributed by atoms with E-state index in [4.69, 9.17) is 16.0 Å². The van der Waals surface area contributed by atoms with Crippen LogP contribution in [0.3, 0.4) is 0 Å². The molecule has 3 atom stereocenters. The van der Waals surface area contributed by atoms with E-state index in [-0.39, 0.29) is 17.7 Å². The fraction of sp³-hybridized carbons (Fsp3) is 0.524. The first kappa shape index (κ1) is 21.8. The van der Waals surface area contributed by atoms with Crippen LogP contribution in [0.25, 0.3) is 11.5 Å². The smallest absolute Gasteiger partial charge is 0.235 e. The molecule has 1 aromatic carbocycles. The van der Waals surface area contributed by atoms with Crippen LogP contribution in [-0.2, 0) is 20.4 Å². The summed E-state index contributed by atoms with van der Waals surface area (Å²) in [4.78, 5) is 16.7. The van der Waals surface area contributed by atoms with Crippen molar-refractivity contribution in [2.75, 3.05) is 5.75 Å². The lowest BCUT2D eigenvalue weighted by atomic mass is 9.78. The van der Waals surface area contributed by atoms with Crippen LogP contribution in [0.15, 0.2) is 28.7 Å². The number of sulfone groups is 1. The third-order valence-electron chi connectivity index (χ3n) is 5.76. The second kappa shape index (κ2) is 8.88. The van der Waals surface area contributed by atoms with E-state index in [0.717, 1.165) is 19.3 Å². The maximum atomic E-state index is 12.6. The van der Waals surface area contributed by atoms with Crippen LogP contribution in [0.4, 0.5) is 0 Å². The van der Waals surface area contributed by atoms with Crippen LogP contribution in [0.2, 0.25) is 5.02 Å². The summed E-state index contributed by atoms with van der Waals surface area (Å²) < 4.78 is 30.8. The summed E-state index contributed by atoms with van der Waals surface area (Å²) in [5, 5.41) is 3.39. The third-order valence-corrected chi connectivity index (χ3v) is 7.50. The van der Waals surface area contributed by atoms with Gasteiger partial charge in [0.25, 0.3) is 0 Å². The van der Waals surface area contributed by atoms with Crippen molar-refractivity contribution in [1.82, 2.24) is 10.3 Å². The molecule has 0 aliphatic heterocycles. The fourth-order valence-corrected chi connectivity index (χ4v) is 5.29. The fourth-order valence-electron chi connectivity index (χ4n) is 3.81. The molecule has 0 spiro atoms. The van der Waals surface area contributed by atoms with Gasteiger partial charge in [0, 0.05) is 6.04 Å². The van der Waals surface area contributed by atoms with Crippen molar-refractivity contribution >= 4 is 27.3 Å². The van der Waals surface area contributed by atoms with Gasteiger partial charge in [0.15, 0.2) is 9.84 Å². The van der Waals surface area contributed by atoms with Gasteiger partial charge in [0.1, 0.15) is 11.5 Å². The number of rotatable bonds is 6. The molecule has 1 N–H and O–H groups in total. The van der Waals surface area contributed by atoms with Crippen LogP contribution in [0.5, 0.6) is 0 Å². The molecule has 8 heteroatoms. The van der Waals surface area contributed by atoms with Gasteiger partial charge in [-0.2, -0.15) is 0 Å². The third kappa shape index (κ3) is 5.39. The topological polar surface area (TPSA) is 89.3 Å². The van der Waals surface area contributed by atoms with E-state index < -0.39 is 21.5 Å². The predicted molar refractivity (Wildman–Crippen MR) is 113 cm³/mol. The number of aromatic nitrogens is 1. The molecule has 1 aromatic heterocycles. The Balaban J connectivity index is 1.67. The Morgan fingerprint density at radius 1 is 1.28 bits per heavy atom. The minimum atomic E-state index is -3.68. The first-order valence-corrected chi connectivity index (χ1v) is 12.1. The predicted octanol–water partition coefficient (Wildman–Crippen LogP) is 4.16. The number of hydrogen-bond donors (Lipinski definition) is 1. The molecule has 1 saturated carbocycles. The van der Waals surface area contributed by atoms with Crippen molar-refractivity contribution in [3.63, 3.8) is 0 Å². The SMILES string of the molecule is Cc1oc(-c2ccccc2Cl)nc1CS(=O)(=O)CC(=O)NC1CCCC(C)C1C. The minimum Gasteiger partial charge on any atom is -0.441 e. The normalized spacial score (nSPS) is 22.4. The quantitative estimate of drug-likeness (QED) is 0.731. The van der Waals surface area contributed by atoms with E-state index in [2.05, 4.69) is 24.1 Å². The standard InChI is InChI=1S/C21H27ClN2O4S/c1-13-7-6-10-18(14(13)2)23-20(25)12-29(26,27)11-19-15(3)28-21(24-19)16-8-4-5-9-17(16)22/h4-5,8-9,13-14,18H,6-7,10-12H2,1-3H3,(H,23,25). The van der Waals surface area contributed by atoms with Crippen molar-refractivity contribution in [1.29, 1.82) is 0 Å². The average Bonchev–Trinajstić information content (AvgIpc) is 2.98. The number of aryl methyl sites for hydroxylation is 1. The number of carbonyl (C=O) groups is 1. The number of benzene rings is 1. The van der Waals surface area contributed by atoms with Crippen molar-refractivity contribution in [3.05, 3.63) is 40.7 Å². The van der Waals surface area contributed by atoms with E-state index in [1.165, 1.54) is 0 Å². The van der Waals surface area contributed by atoms with Gasteiger partial charge in [-0.15, -0.1) is 0 Å². The maximum Gasteiger partial charge on any atom is 0.235 e. The van der Waals surface area contributed by atoms with E-state index in [1.807, 2.05) is 0 Å². The number of hydrogen-bond acceptors (Lipinski definition) is 5. The largest absolute Gasteiger partial charge is 0.441 e. The molecule has 1 aliphatic carbocycles. The van der Waals surface area contributed by atoms with Gasteiger partial charge >= 0.3 is 0 Å². The molecule has 29 heavy (non-hydrogen) atoms. The van der Waals surface area contributed by atoms with Gasteiger partial charge in [-0.05, 0) is 37.3 Å². The average molecular weight is 439 g/mol. The van der Waals surface area contributed by atoms with Crippen LogP contribution in [-0.4, -0.2) is 31.1 Å². The number of nitrogens with one attached hydrogen (secondary N) is 1. The van der Waals surface area contributed by atoms with E-state index in [1.54, 1.807) is 31.2 Å². The second-order valence-electron chi connectivity index (χ2n) is 7.98. The summed E-state index contributed by atoms with van der Waals surface area (Å²) >= 11 is 6.17. The lowest BCUT2D eigenvalue weighted by Gasteiger charge is -2.34. The first-order chi connectivity index (χ1) is 13.7. The molecule has 6 nitrogen and oxygen atoms in total. The molecule has 0 bridgehead atoms. The summed E-state index contributed by atoms with van der Waals surface area (Å²) in [6.07, 6.45) is 3.08. The molecule has 0 saturated heterocycles. The molecule has 1 amide bonds. The maximum absolute atomic E-state index is 12.6. The Morgan fingerprint density at radius 2 is 2.00 bits per heavy atom. The van der Waals surface area contributed by atoms with Crippen molar-refractivity contribution in [2.24, 2.45) is 11.8 Å². The van der Waals surface area contributed by atoms with Crippen molar-refractivity contribution < 1.29 is 17.6 Å². The highest BCUT2D eigenvalue weighted by atomic mass is 35.5. The monoisotopic (exact) mass is 438 g/mol. The lowest BCUT2D eigenvalue weighted by Crippen LogP contribution is -2.45. The van der Waals surface area contributed by atoms with E-state index in [9.17, 15) is 13.2 Å². The summed E-state index contributed by atoms with van der Waals surface area (Å²) in [6, 6.07) is 7.09. The highest BCUT2D eigenvalue weighted by Gasteiger charge is 2.30. The molecular weight excluding hydrogens is 412 g/mol. The molecule has 1 aliphatic rings. The Labute approximate surface area is 177 Å². The Morgan fingerprint density at radius 3 is 2.72 bits per heavy atom. The van der Waals surface area contributed by atoms with Gasteiger partial charge in [0.05, 0.1) is 22.0 Å². The van der Waals surface area contributed by atoms with Gasteiger partial charge in [-0.25, -0.2) is 13.4 Å². The highest BCUT2D eigenvalue weighted by molar-refractivity contribution is 7.91.